The molecule has 0 aromatic heterocycles. The van der Waals surface area contributed by atoms with Gasteiger partial charge in [0.25, 0.3) is 0 Å². The fourth-order valence-electron chi connectivity index (χ4n) is 1.02. The lowest BCUT2D eigenvalue weighted by molar-refractivity contribution is 0.407. The molecule has 1 aromatic carbocycles. The third kappa shape index (κ3) is 1.19. The maximum atomic E-state index is 13.1. The predicted octanol–water partition coefficient (Wildman–Crippen LogP) is 2.69. The van der Waals surface area contributed by atoms with E-state index in [1.165, 1.54) is 6.07 Å². The Bertz CT molecular complexity index is 323. The van der Waals surface area contributed by atoms with E-state index in [0.717, 1.165) is 6.07 Å². The highest BCUT2D eigenvalue weighted by Gasteiger charge is 2.29. The van der Waals surface area contributed by atoms with Gasteiger partial charge in [0.05, 0.1) is 6.61 Å². The highest BCUT2D eigenvalue weighted by atomic mass is 35.5. The van der Waals surface area contributed by atoms with Gasteiger partial charge in [-0.05, 0) is 6.07 Å². The first kappa shape index (κ1) is 7.95. The minimum absolute atomic E-state index is 0.233. The summed E-state index contributed by atoms with van der Waals surface area (Å²) in [5, 5.41) is -0.456. The van der Waals surface area contributed by atoms with Gasteiger partial charge in [-0.15, -0.1) is 0 Å². The molecule has 0 spiro atoms. The number of hydrogen-bond acceptors (Lipinski definition) is 1. The van der Waals surface area contributed by atoms with Crippen LogP contribution in [-0.2, 0) is 4.74 Å². The van der Waals surface area contributed by atoms with Crippen LogP contribution in [0.4, 0.5) is 8.78 Å². The molecule has 1 nitrogen and oxygen atoms in total. The van der Waals surface area contributed by atoms with E-state index in [2.05, 4.69) is 0 Å². The topological polar surface area (TPSA) is 12.5 Å². The van der Waals surface area contributed by atoms with Gasteiger partial charge in [0, 0.05) is 5.56 Å². The summed E-state index contributed by atoms with van der Waals surface area (Å²) in [5.74, 6) is -1.45. The molecule has 12 heavy (non-hydrogen) atoms. The number of ether oxygens (including phenoxy) is 1. The number of rotatable bonds is 1. The number of hydrogen-bond donors (Lipinski definition) is 0. The van der Waals surface area contributed by atoms with E-state index in [1.807, 2.05) is 0 Å². The molecular formula is C8H5ClF2O. The first-order valence-electron chi connectivity index (χ1n) is 3.45. The summed E-state index contributed by atoms with van der Waals surface area (Å²) in [6.45, 7) is 0.485. The van der Waals surface area contributed by atoms with Crippen molar-refractivity contribution in [3.05, 3.63) is 34.4 Å². The fraction of sp³-hybridized carbons (Fsp3) is 0.250. The zero-order valence-corrected chi connectivity index (χ0v) is 6.74. The van der Waals surface area contributed by atoms with E-state index < -0.39 is 16.7 Å². The Morgan fingerprint density at radius 2 is 2.08 bits per heavy atom. The molecule has 0 aliphatic carbocycles. The van der Waals surface area contributed by atoms with Crippen LogP contribution in [0.1, 0.15) is 11.7 Å². The van der Waals surface area contributed by atoms with E-state index in [9.17, 15) is 8.78 Å². The molecule has 1 fully saturated rings. The highest BCUT2D eigenvalue weighted by molar-refractivity contribution is 6.30. The van der Waals surface area contributed by atoms with E-state index >= 15 is 0 Å². The van der Waals surface area contributed by atoms with Crippen molar-refractivity contribution in [2.75, 3.05) is 6.61 Å². The van der Waals surface area contributed by atoms with Crippen molar-refractivity contribution in [2.45, 2.75) is 6.10 Å². The van der Waals surface area contributed by atoms with Crippen LogP contribution in [0, 0.1) is 11.6 Å². The highest BCUT2D eigenvalue weighted by Crippen LogP contribution is 2.34. The van der Waals surface area contributed by atoms with Crippen LogP contribution in [0.25, 0.3) is 0 Å². The molecule has 1 heterocycles. The standard InChI is InChI=1S/C8H5ClF2O/c9-7-5(10)2-1-4(8(7)11)6-3-12-6/h1-2,6H,3H2. The summed E-state index contributed by atoms with van der Waals surface area (Å²) < 4.78 is 30.6. The minimum atomic E-state index is -0.737. The Kier molecular flexibility index (Phi) is 1.77. The van der Waals surface area contributed by atoms with Crippen LogP contribution in [0.15, 0.2) is 12.1 Å². The molecule has 0 radical (unpaired) electrons. The molecule has 0 saturated carbocycles. The lowest BCUT2D eigenvalue weighted by Gasteiger charge is -2.00. The third-order valence-corrected chi connectivity index (χ3v) is 2.09. The number of benzene rings is 1. The summed E-state index contributed by atoms with van der Waals surface area (Å²) in [5.41, 5.74) is 0.335. The Labute approximate surface area is 72.9 Å². The second kappa shape index (κ2) is 2.68. The molecule has 64 valence electrons. The van der Waals surface area contributed by atoms with E-state index in [4.69, 9.17) is 16.3 Å². The molecule has 1 saturated heterocycles. The Morgan fingerprint density at radius 1 is 1.42 bits per heavy atom. The molecule has 4 heteroatoms. The van der Waals surface area contributed by atoms with Crippen molar-refractivity contribution >= 4 is 11.6 Å². The van der Waals surface area contributed by atoms with E-state index in [1.54, 1.807) is 0 Å². The average molecular weight is 191 g/mol. The molecule has 1 aliphatic rings. The predicted molar refractivity (Wildman–Crippen MR) is 40.1 cm³/mol. The van der Waals surface area contributed by atoms with Gasteiger partial charge in [0.15, 0.2) is 5.82 Å². The molecule has 1 unspecified atom stereocenters. The summed E-state index contributed by atoms with van der Waals surface area (Å²) in [4.78, 5) is 0. The maximum Gasteiger partial charge on any atom is 0.150 e. The van der Waals surface area contributed by atoms with E-state index in [0.29, 0.717) is 12.2 Å². The van der Waals surface area contributed by atoms with Gasteiger partial charge in [-0.1, -0.05) is 17.7 Å². The van der Waals surface area contributed by atoms with Crippen LogP contribution in [0.2, 0.25) is 5.02 Å². The largest absolute Gasteiger partial charge is 0.368 e. The van der Waals surface area contributed by atoms with Crippen molar-refractivity contribution in [3.8, 4) is 0 Å². The van der Waals surface area contributed by atoms with Crippen LogP contribution < -0.4 is 0 Å². The maximum absolute atomic E-state index is 13.1. The zero-order valence-electron chi connectivity index (χ0n) is 5.98. The smallest absolute Gasteiger partial charge is 0.150 e. The quantitative estimate of drug-likeness (QED) is 0.490. The number of halogens is 3. The summed E-state index contributed by atoms with van der Waals surface area (Å²) in [7, 11) is 0. The van der Waals surface area contributed by atoms with Crippen LogP contribution in [0.3, 0.4) is 0 Å². The lowest BCUT2D eigenvalue weighted by atomic mass is 10.1. The molecule has 0 amide bonds. The second-order valence-corrected chi connectivity index (χ2v) is 2.96. The van der Waals surface area contributed by atoms with Crippen molar-refractivity contribution in [3.63, 3.8) is 0 Å². The van der Waals surface area contributed by atoms with Gasteiger partial charge < -0.3 is 4.74 Å². The molecular weight excluding hydrogens is 186 g/mol. The van der Waals surface area contributed by atoms with Gasteiger partial charge in [-0.2, -0.15) is 0 Å². The molecule has 1 atom stereocenters. The van der Waals surface area contributed by atoms with E-state index in [-0.39, 0.29) is 6.10 Å². The average Bonchev–Trinajstić information content (AvgIpc) is 2.84. The monoisotopic (exact) mass is 190 g/mol. The molecule has 0 N–H and O–H groups in total. The van der Waals surface area contributed by atoms with Crippen molar-refractivity contribution in [1.29, 1.82) is 0 Å². The lowest BCUT2D eigenvalue weighted by Crippen LogP contribution is -1.91. The van der Waals surface area contributed by atoms with Gasteiger partial charge in [-0.3, -0.25) is 0 Å². The fourth-order valence-corrected chi connectivity index (χ4v) is 1.19. The van der Waals surface area contributed by atoms with Crippen LogP contribution in [0.5, 0.6) is 0 Å². The summed E-state index contributed by atoms with van der Waals surface area (Å²) in [6, 6.07) is 2.50. The molecule has 1 aliphatic heterocycles. The normalized spacial score (nSPS) is 21.1. The van der Waals surface area contributed by atoms with Gasteiger partial charge in [0.1, 0.15) is 16.9 Å². The van der Waals surface area contributed by atoms with Gasteiger partial charge >= 0.3 is 0 Å². The number of epoxide rings is 1. The summed E-state index contributed by atoms with van der Waals surface area (Å²) in [6.07, 6.45) is -0.233. The molecule has 0 bridgehead atoms. The SMILES string of the molecule is Fc1ccc(C2CO2)c(F)c1Cl. The van der Waals surface area contributed by atoms with Crippen molar-refractivity contribution in [1.82, 2.24) is 0 Å². The van der Waals surface area contributed by atoms with Gasteiger partial charge in [0.2, 0.25) is 0 Å². The van der Waals surface area contributed by atoms with Crippen molar-refractivity contribution in [2.24, 2.45) is 0 Å². The Balaban J connectivity index is 2.49. The third-order valence-electron chi connectivity index (χ3n) is 1.75. The summed E-state index contributed by atoms with van der Waals surface area (Å²) >= 11 is 5.35. The Hall–Kier alpha value is -0.670. The molecule has 1 aromatic rings. The van der Waals surface area contributed by atoms with Crippen LogP contribution in [-0.4, -0.2) is 6.61 Å². The van der Waals surface area contributed by atoms with Crippen LogP contribution >= 0.6 is 11.6 Å². The van der Waals surface area contributed by atoms with Crippen molar-refractivity contribution < 1.29 is 13.5 Å². The Morgan fingerprint density at radius 3 is 2.67 bits per heavy atom. The minimum Gasteiger partial charge on any atom is -0.368 e. The molecule has 2 rings (SSSR count). The second-order valence-electron chi connectivity index (χ2n) is 2.59. The van der Waals surface area contributed by atoms with Gasteiger partial charge in [-0.25, -0.2) is 8.78 Å². The first-order valence-corrected chi connectivity index (χ1v) is 3.83. The first-order chi connectivity index (χ1) is 5.70. The zero-order chi connectivity index (χ0) is 8.72.